The van der Waals surface area contributed by atoms with Gasteiger partial charge in [-0.2, -0.15) is 5.26 Å². The number of ketones is 1. The van der Waals surface area contributed by atoms with E-state index in [4.69, 9.17) is 5.26 Å². The van der Waals surface area contributed by atoms with E-state index < -0.39 is 23.7 Å². The molecule has 0 radical (unpaired) electrons. The molecule has 0 bridgehead atoms. The Kier molecular flexibility index (Phi) is 6.35. The lowest BCUT2D eigenvalue weighted by Gasteiger charge is -2.25. The smallest absolute Gasteiger partial charge is 0.245 e. The number of carbonyl (C=O) groups is 3. The van der Waals surface area contributed by atoms with Crippen LogP contribution in [-0.4, -0.2) is 41.1 Å². The summed E-state index contributed by atoms with van der Waals surface area (Å²) in [6.07, 6.45) is 2.36. The molecule has 0 saturated carbocycles. The van der Waals surface area contributed by atoms with Crippen LogP contribution in [0.5, 0.6) is 0 Å². The first-order valence-corrected chi connectivity index (χ1v) is 7.45. The Morgan fingerprint density at radius 3 is 2.57 bits per heavy atom. The highest BCUT2D eigenvalue weighted by atomic mass is 16.2. The summed E-state index contributed by atoms with van der Waals surface area (Å²) in [6, 6.07) is 1.01. The molecule has 0 aromatic heterocycles. The highest BCUT2D eigenvalue weighted by molar-refractivity contribution is 6.07. The van der Waals surface area contributed by atoms with Crippen molar-refractivity contribution < 1.29 is 14.4 Å². The molecule has 1 aliphatic rings. The standard InChI is InChI=1S/C15H23N3O3/c1-4-6-13(19)18-8-5-7-12(18)14(20)11(9-16)15(21)17-10(2)3/h10-12H,4-8H2,1-3H3,(H,17,21). The Labute approximate surface area is 125 Å². The van der Waals surface area contributed by atoms with Crippen molar-refractivity contribution in [3.05, 3.63) is 0 Å². The summed E-state index contributed by atoms with van der Waals surface area (Å²) in [7, 11) is 0. The van der Waals surface area contributed by atoms with E-state index in [0.29, 0.717) is 25.8 Å². The number of hydrogen-bond acceptors (Lipinski definition) is 4. The summed E-state index contributed by atoms with van der Waals surface area (Å²) in [5.41, 5.74) is 0. The van der Waals surface area contributed by atoms with Crippen molar-refractivity contribution in [3.8, 4) is 6.07 Å². The Morgan fingerprint density at radius 2 is 2.05 bits per heavy atom. The van der Waals surface area contributed by atoms with E-state index in [-0.39, 0.29) is 11.9 Å². The molecule has 1 N–H and O–H groups in total. The fourth-order valence-electron chi connectivity index (χ4n) is 2.53. The highest BCUT2D eigenvalue weighted by Gasteiger charge is 2.39. The van der Waals surface area contributed by atoms with Crippen molar-refractivity contribution in [2.24, 2.45) is 5.92 Å². The number of amides is 2. The number of rotatable bonds is 6. The van der Waals surface area contributed by atoms with Crippen molar-refractivity contribution in [3.63, 3.8) is 0 Å². The van der Waals surface area contributed by atoms with E-state index in [1.54, 1.807) is 19.9 Å². The van der Waals surface area contributed by atoms with Crippen LogP contribution in [0.4, 0.5) is 0 Å². The molecular formula is C15H23N3O3. The molecule has 116 valence electrons. The molecule has 21 heavy (non-hydrogen) atoms. The van der Waals surface area contributed by atoms with Crippen LogP contribution in [0.2, 0.25) is 0 Å². The van der Waals surface area contributed by atoms with Gasteiger partial charge in [0.2, 0.25) is 11.8 Å². The number of nitrogens with one attached hydrogen (secondary N) is 1. The van der Waals surface area contributed by atoms with Gasteiger partial charge < -0.3 is 10.2 Å². The van der Waals surface area contributed by atoms with Crippen LogP contribution in [0, 0.1) is 17.2 Å². The van der Waals surface area contributed by atoms with Gasteiger partial charge in [0.05, 0.1) is 12.1 Å². The van der Waals surface area contributed by atoms with E-state index >= 15 is 0 Å². The van der Waals surface area contributed by atoms with Gasteiger partial charge in [0, 0.05) is 19.0 Å². The van der Waals surface area contributed by atoms with Crippen molar-refractivity contribution in [2.45, 2.75) is 58.5 Å². The van der Waals surface area contributed by atoms with E-state index in [9.17, 15) is 14.4 Å². The first kappa shape index (κ1) is 17.2. The zero-order valence-corrected chi connectivity index (χ0v) is 12.9. The zero-order valence-electron chi connectivity index (χ0n) is 12.9. The summed E-state index contributed by atoms with van der Waals surface area (Å²) in [6.45, 7) is 5.96. The first-order chi connectivity index (χ1) is 9.92. The second kappa shape index (κ2) is 7.77. The van der Waals surface area contributed by atoms with Gasteiger partial charge in [-0.1, -0.05) is 6.92 Å². The van der Waals surface area contributed by atoms with Gasteiger partial charge in [-0.3, -0.25) is 14.4 Å². The predicted molar refractivity (Wildman–Crippen MR) is 77.0 cm³/mol. The molecule has 2 atom stereocenters. The van der Waals surface area contributed by atoms with Crippen LogP contribution in [0.1, 0.15) is 46.5 Å². The molecule has 0 aromatic rings. The number of carbonyl (C=O) groups excluding carboxylic acids is 3. The summed E-state index contributed by atoms with van der Waals surface area (Å²) < 4.78 is 0. The van der Waals surface area contributed by atoms with Gasteiger partial charge in [0.15, 0.2) is 11.7 Å². The highest BCUT2D eigenvalue weighted by Crippen LogP contribution is 2.22. The molecule has 6 heteroatoms. The second-order valence-electron chi connectivity index (χ2n) is 5.62. The zero-order chi connectivity index (χ0) is 16.0. The Bertz CT molecular complexity index is 454. The van der Waals surface area contributed by atoms with Crippen molar-refractivity contribution >= 4 is 17.6 Å². The fourth-order valence-corrected chi connectivity index (χ4v) is 2.53. The van der Waals surface area contributed by atoms with Gasteiger partial charge >= 0.3 is 0 Å². The third-order valence-electron chi connectivity index (χ3n) is 3.47. The van der Waals surface area contributed by atoms with Crippen molar-refractivity contribution in [1.29, 1.82) is 5.26 Å². The van der Waals surface area contributed by atoms with E-state index in [2.05, 4.69) is 5.32 Å². The molecule has 0 spiro atoms. The normalized spacial score (nSPS) is 19.2. The van der Waals surface area contributed by atoms with Crippen LogP contribution in [-0.2, 0) is 14.4 Å². The third kappa shape index (κ3) is 4.28. The van der Waals surface area contributed by atoms with E-state index in [1.807, 2.05) is 6.92 Å². The maximum Gasteiger partial charge on any atom is 0.245 e. The van der Waals surface area contributed by atoms with Crippen molar-refractivity contribution in [1.82, 2.24) is 10.2 Å². The van der Waals surface area contributed by atoms with Crippen LogP contribution < -0.4 is 5.32 Å². The molecule has 2 unspecified atom stereocenters. The largest absolute Gasteiger partial charge is 0.352 e. The van der Waals surface area contributed by atoms with Gasteiger partial charge in [0.1, 0.15) is 0 Å². The lowest BCUT2D eigenvalue weighted by atomic mass is 9.96. The molecule has 1 rings (SSSR count). The molecule has 1 aliphatic heterocycles. The fraction of sp³-hybridized carbons (Fsp3) is 0.733. The maximum absolute atomic E-state index is 12.4. The number of nitriles is 1. The van der Waals surface area contributed by atoms with E-state index in [1.165, 1.54) is 4.90 Å². The average molecular weight is 293 g/mol. The van der Waals surface area contributed by atoms with Gasteiger partial charge in [-0.25, -0.2) is 0 Å². The van der Waals surface area contributed by atoms with Crippen LogP contribution in [0.3, 0.4) is 0 Å². The van der Waals surface area contributed by atoms with Gasteiger partial charge in [-0.05, 0) is 33.1 Å². The molecule has 1 saturated heterocycles. The Hall–Kier alpha value is -1.90. The lowest BCUT2D eigenvalue weighted by molar-refractivity contribution is -0.141. The van der Waals surface area contributed by atoms with Crippen LogP contribution in [0.15, 0.2) is 0 Å². The number of Topliss-reactive ketones (excluding diaryl/α,β-unsaturated/α-hetero) is 1. The number of nitrogens with zero attached hydrogens (tertiary/aromatic N) is 2. The van der Waals surface area contributed by atoms with E-state index in [0.717, 1.165) is 6.42 Å². The summed E-state index contributed by atoms with van der Waals surface area (Å²) in [5, 5.41) is 11.7. The van der Waals surface area contributed by atoms with Crippen molar-refractivity contribution in [2.75, 3.05) is 6.54 Å². The lowest BCUT2D eigenvalue weighted by Crippen LogP contribution is -2.47. The third-order valence-corrected chi connectivity index (χ3v) is 3.47. The molecule has 2 amide bonds. The quantitative estimate of drug-likeness (QED) is 0.740. The second-order valence-corrected chi connectivity index (χ2v) is 5.62. The first-order valence-electron chi connectivity index (χ1n) is 7.45. The minimum atomic E-state index is -1.34. The average Bonchev–Trinajstić information content (AvgIpc) is 2.87. The van der Waals surface area contributed by atoms with Crippen LogP contribution in [0.25, 0.3) is 0 Å². The molecule has 0 aliphatic carbocycles. The summed E-state index contributed by atoms with van der Waals surface area (Å²) in [4.78, 5) is 37.9. The minimum absolute atomic E-state index is 0.0747. The maximum atomic E-state index is 12.4. The number of likely N-dealkylation sites (tertiary alicyclic amines) is 1. The molecular weight excluding hydrogens is 270 g/mol. The van der Waals surface area contributed by atoms with Crippen LogP contribution >= 0.6 is 0 Å². The molecule has 0 aromatic carbocycles. The number of hydrogen-bond donors (Lipinski definition) is 1. The Morgan fingerprint density at radius 1 is 1.38 bits per heavy atom. The summed E-state index contributed by atoms with van der Waals surface area (Å²) >= 11 is 0. The molecule has 1 fully saturated rings. The Balaban J connectivity index is 2.82. The predicted octanol–water partition coefficient (Wildman–Crippen LogP) is 1.01. The monoisotopic (exact) mass is 293 g/mol. The van der Waals surface area contributed by atoms with Gasteiger partial charge in [0.25, 0.3) is 0 Å². The SMILES string of the molecule is CCCC(=O)N1CCCC1C(=O)C(C#N)C(=O)NC(C)C. The minimum Gasteiger partial charge on any atom is -0.352 e. The summed E-state index contributed by atoms with van der Waals surface area (Å²) in [5.74, 6) is -2.45. The molecule has 6 nitrogen and oxygen atoms in total. The molecule has 1 heterocycles. The van der Waals surface area contributed by atoms with Gasteiger partial charge in [-0.15, -0.1) is 0 Å². The topological polar surface area (TPSA) is 90.3 Å².